The number of aliphatic imine (C=N–C) groups is 1. The highest BCUT2D eigenvalue weighted by atomic mass is 19.1. The summed E-state index contributed by atoms with van der Waals surface area (Å²) in [4.78, 5) is 21.8. The Morgan fingerprint density at radius 1 is 1.19 bits per heavy atom. The predicted molar refractivity (Wildman–Crippen MR) is 170 cm³/mol. The number of rotatable bonds is 11. The zero-order valence-corrected chi connectivity index (χ0v) is 25.3. The first-order chi connectivity index (χ1) is 20.4. The molecule has 6 heteroatoms. The summed E-state index contributed by atoms with van der Waals surface area (Å²) in [6.07, 6.45) is 15.7. The number of carbonyl (C=O) groups excluding carboxylic acids is 1. The second-order valence-corrected chi connectivity index (χ2v) is 11.1. The van der Waals surface area contributed by atoms with Gasteiger partial charge in [0.15, 0.2) is 0 Å². The maximum absolute atomic E-state index is 15.2. The van der Waals surface area contributed by atoms with Gasteiger partial charge in [0.25, 0.3) is 0 Å². The van der Waals surface area contributed by atoms with Gasteiger partial charge in [0.1, 0.15) is 5.82 Å². The van der Waals surface area contributed by atoms with Crippen molar-refractivity contribution in [2.75, 3.05) is 26.2 Å². The number of hydrogen-bond donors (Lipinski definition) is 0. The van der Waals surface area contributed by atoms with E-state index in [9.17, 15) is 10.1 Å². The molecule has 0 unspecified atom stereocenters. The quantitative estimate of drug-likeness (QED) is 0.202. The molecule has 0 N–H and O–H groups in total. The molecule has 1 saturated carbocycles. The monoisotopic (exact) mass is 566 g/mol. The summed E-state index contributed by atoms with van der Waals surface area (Å²) in [5.74, 6) is 0.234. The molecule has 0 bridgehead atoms. The molecule has 1 amide bonds. The molecular weight excluding hydrogens is 523 g/mol. The number of piperazine rings is 1. The zero-order valence-electron chi connectivity index (χ0n) is 25.3. The van der Waals surface area contributed by atoms with Crippen molar-refractivity contribution < 1.29 is 9.18 Å². The fourth-order valence-electron chi connectivity index (χ4n) is 5.98. The van der Waals surface area contributed by atoms with E-state index in [-0.39, 0.29) is 17.6 Å². The van der Waals surface area contributed by atoms with Crippen molar-refractivity contribution >= 4 is 17.2 Å². The lowest BCUT2D eigenvalue weighted by Crippen LogP contribution is -2.48. The van der Waals surface area contributed by atoms with Crippen molar-refractivity contribution in [3.8, 4) is 6.07 Å². The van der Waals surface area contributed by atoms with E-state index < -0.39 is 0 Å². The van der Waals surface area contributed by atoms with Crippen molar-refractivity contribution in [2.24, 2.45) is 10.9 Å². The Morgan fingerprint density at radius 3 is 2.52 bits per heavy atom. The molecule has 1 aliphatic heterocycles. The first-order valence-corrected chi connectivity index (χ1v) is 15.2. The standard InChI is InChI=1S/C36H43FN4O/c1-5-28-13-10-12-27(25-38)24-30(28)14-11-17-34(39-7-3)35(31(6-2)32-15-8-9-16-33(32)37)26(4)40-20-22-41(23-21-40)36(42)29-18-19-29/h6-10,12,15-16,24,29H,3,5,11,13-14,17-23H2,1-2,4H3/b31-6-,35-26+,39-34?. The molecule has 1 saturated heterocycles. The van der Waals surface area contributed by atoms with Crippen LogP contribution in [0.4, 0.5) is 4.39 Å². The molecule has 4 rings (SSSR count). The van der Waals surface area contributed by atoms with Crippen molar-refractivity contribution in [1.29, 1.82) is 5.26 Å². The van der Waals surface area contributed by atoms with Crippen LogP contribution in [0.5, 0.6) is 0 Å². The minimum atomic E-state index is -0.272. The molecule has 0 spiro atoms. The molecule has 5 nitrogen and oxygen atoms in total. The molecule has 220 valence electrons. The molecule has 0 radical (unpaired) electrons. The summed E-state index contributed by atoms with van der Waals surface area (Å²) in [7, 11) is 0. The lowest BCUT2D eigenvalue weighted by Gasteiger charge is -2.38. The van der Waals surface area contributed by atoms with E-state index in [1.807, 2.05) is 42.2 Å². The van der Waals surface area contributed by atoms with Crippen LogP contribution in [0.3, 0.4) is 0 Å². The Morgan fingerprint density at radius 2 is 1.90 bits per heavy atom. The van der Waals surface area contributed by atoms with Crippen LogP contribution >= 0.6 is 0 Å². The third-order valence-electron chi connectivity index (χ3n) is 8.47. The topological polar surface area (TPSA) is 59.7 Å². The maximum Gasteiger partial charge on any atom is 0.225 e. The highest BCUT2D eigenvalue weighted by molar-refractivity contribution is 6.14. The summed E-state index contributed by atoms with van der Waals surface area (Å²) < 4.78 is 15.2. The van der Waals surface area contributed by atoms with Crippen LogP contribution in [-0.4, -0.2) is 47.6 Å². The second kappa shape index (κ2) is 14.8. The molecule has 2 aliphatic carbocycles. The Bertz CT molecular complexity index is 1410. The first kappa shape index (κ1) is 31.0. The maximum atomic E-state index is 15.2. The van der Waals surface area contributed by atoms with Crippen LogP contribution < -0.4 is 0 Å². The minimum Gasteiger partial charge on any atom is -0.371 e. The van der Waals surface area contributed by atoms with Crippen molar-refractivity contribution in [1.82, 2.24) is 9.80 Å². The van der Waals surface area contributed by atoms with Crippen LogP contribution in [0.25, 0.3) is 5.57 Å². The highest BCUT2D eigenvalue weighted by Crippen LogP contribution is 2.34. The lowest BCUT2D eigenvalue weighted by molar-refractivity contribution is -0.134. The van der Waals surface area contributed by atoms with Gasteiger partial charge in [0, 0.05) is 60.8 Å². The summed E-state index contributed by atoms with van der Waals surface area (Å²) in [6, 6.07) is 9.18. The fraction of sp³-hybridized carbons (Fsp3) is 0.417. The average Bonchev–Trinajstić information content (AvgIpc) is 3.87. The number of amides is 1. The van der Waals surface area contributed by atoms with Gasteiger partial charge in [0.05, 0.1) is 11.6 Å². The molecular formula is C36H43FN4O. The van der Waals surface area contributed by atoms with E-state index in [0.29, 0.717) is 30.6 Å². The molecule has 2 fully saturated rings. The molecule has 0 aromatic heterocycles. The van der Waals surface area contributed by atoms with Gasteiger partial charge in [-0.05, 0) is 88.2 Å². The number of benzene rings is 1. The normalized spacial score (nSPS) is 18.8. The van der Waals surface area contributed by atoms with Gasteiger partial charge in [-0.2, -0.15) is 5.26 Å². The number of halogens is 1. The summed E-state index contributed by atoms with van der Waals surface area (Å²) in [5, 5.41) is 9.54. The molecule has 1 aromatic carbocycles. The first-order valence-electron chi connectivity index (χ1n) is 15.2. The van der Waals surface area contributed by atoms with Crippen LogP contribution in [0.15, 0.2) is 94.3 Å². The van der Waals surface area contributed by atoms with Crippen molar-refractivity contribution in [3.63, 3.8) is 0 Å². The number of allylic oxidation sites excluding steroid dienone is 10. The highest BCUT2D eigenvalue weighted by Gasteiger charge is 2.35. The Labute approximate surface area is 250 Å². The summed E-state index contributed by atoms with van der Waals surface area (Å²) in [5.41, 5.74) is 7.42. The number of nitriles is 1. The third kappa shape index (κ3) is 7.45. The van der Waals surface area contributed by atoms with Crippen molar-refractivity contribution in [3.05, 3.63) is 101 Å². The number of nitrogens with zero attached hydrogens (tertiary/aromatic N) is 4. The van der Waals surface area contributed by atoms with E-state index in [1.165, 1.54) is 17.2 Å². The van der Waals surface area contributed by atoms with Gasteiger partial charge in [0.2, 0.25) is 5.91 Å². The minimum absolute atomic E-state index is 0.220. The largest absolute Gasteiger partial charge is 0.371 e. The predicted octanol–water partition coefficient (Wildman–Crippen LogP) is 7.93. The van der Waals surface area contributed by atoms with E-state index in [4.69, 9.17) is 4.99 Å². The Hall–Kier alpha value is -3.98. The fourth-order valence-corrected chi connectivity index (χ4v) is 5.98. The lowest BCUT2D eigenvalue weighted by atomic mass is 9.88. The zero-order chi connectivity index (χ0) is 30.1. The average molecular weight is 567 g/mol. The van der Waals surface area contributed by atoms with E-state index in [1.54, 1.807) is 12.3 Å². The Kier molecular flexibility index (Phi) is 10.9. The van der Waals surface area contributed by atoms with Crippen LogP contribution in [0.2, 0.25) is 0 Å². The van der Waals surface area contributed by atoms with E-state index in [2.05, 4.69) is 37.5 Å². The van der Waals surface area contributed by atoms with Gasteiger partial charge in [-0.25, -0.2) is 4.39 Å². The van der Waals surface area contributed by atoms with Gasteiger partial charge in [-0.3, -0.25) is 9.79 Å². The number of hydrogen-bond acceptors (Lipinski definition) is 4. The van der Waals surface area contributed by atoms with Crippen molar-refractivity contribution in [2.45, 2.75) is 65.7 Å². The van der Waals surface area contributed by atoms with Gasteiger partial charge in [-0.15, -0.1) is 0 Å². The summed E-state index contributed by atoms with van der Waals surface area (Å²) >= 11 is 0. The molecule has 3 aliphatic rings. The molecule has 0 atom stereocenters. The third-order valence-corrected chi connectivity index (χ3v) is 8.47. The van der Waals surface area contributed by atoms with Gasteiger partial charge in [-0.1, -0.05) is 49.4 Å². The number of carbonyl (C=O) groups is 1. The van der Waals surface area contributed by atoms with Gasteiger partial charge < -0.3 is 9.80 Å². The van der Waals surface area contributed by atoms with Crippen LogP contribution in [0, 0.1) is 23.1 Å². The second-order valence-electron chi connectivity index (χ2n) is 11.1. The SMILES string of the molecule is C=CN=C(CCCC1=C(CC)CC=CC(C#N)=C1)C(/C(=C\C)c1ccccc1F)=C(\C)N1CCN(C(=O)C2CC2)CC1. The molecule has 42 heavy (non-hydrogen) atoms. The van der Waals surface area contributed by atoms with E-state index >= 15 is 4.39 Å². The van der Waals surface area contributed by atoms with E-state index in [0.717, 1.165) is 74.2 Å². The van der Waals surface area contributed by atoms with Gasteiger partial charge >= 0.3 is 0 Å². The molecule has 1 heterocycles. The molecule has 1 aromatic rings. The van der Waals surface area contributed by atoms with Crippen LogP contribution in [-0.2, 0) is 4.79 Å². The summed E-state index contributed by atoms with van der Waals surface area (Å²) in [6.45, 7) is 12.9. The Balaban J connectivity index is 1.65. The van der Waals surface area contributed by atoms with Crippen LogP contribution in [0.1, 0.15) is 71.3 Å². The smallest absolute Gasteiger partial charge is 0.225 e.